The van der Waals surface area contributed by atoms with E-state index >= 15 is 0 Å². The van der Waals surface area contributed by atoms with Crippen LogP contribution in [0.2, 0.25) is 0 Å². The number of benzene rings is 1. The van der Waals surface area contributed by atoms with Crippen molar-refractivity contribution in [3.63, 3.8) is 0 Å². The summed E-state index contributed by atoms with van der Waals surface area (Å²) in [5.74, 6) is 1.46. The number of nitrogens with zero attached hydrogens (tertiary/aromatic N) is 1. The van der Waals surface area contributed by atoms with Crippen molar-refractivity contribution in [2.24, 2.45) is 0 Å². The monoisotopic (exact) mass is 282 g/mol. The van der Waals surface area contributed by atoms with Gasteiger partial charge in [-0.1, -0.05) is 6.07 Å². The molecule has 1 N–H and O–H groups in total. The molecule has 2 rings (SSSR count). The number of thioether (sulfide) groups is 1. The Labute approximate surface area is 116 Å². The lowest BCUT2D eigenvalue weighted by Crippen LogP contribution is -2.27. The number of anilines is 1. The summed E-state index contributed by atoms with van der Waals surface area (Å²) in [5.41, 5.74) is 0.537. The maximum atomic E-state index is 11.2. The molecule has 0 spiro atoms. The van der Waals surface area contributed by atoms with Crippen molar-refractivity contribution >= 4 is 23.1 Å². The first-order valence-electron chi connectivity index (χ1n) is 6.25. The lowest BCUT2D eigenvalue weighted by atomic mass is 10.1. The van der Waals surface area contributed by atoms with Crippen molar-refractivity contribution < 1.29 is 9.66 Å². The summed E-state index contributed by atoms with van der Waals surface area (Å²) in [5, 5.41) is 14.4. The van der Waals surface area contributed by atoms with Gasteiger partial charge in [0.15, 0.2) is 5.75 Å². The molecule has 1 saturated heterocycles. The van der Waals surface area contributed by atoms with E-state index in [2.05, 4.69) is 12.2 Å². The van der Waals surface area contributed by atoms with E-state index in [-0.39, 0.29) is 10.4 Å². The molecular formula is C13H18N2O3S. The van der Waals surface area contributed by atoms with Crippen molar-refractivity contribution in [2.45, 2.75) is 24.5 Å². The minimum absolute atomic E-state index is 0.0107. The number of nitro groups is 1. The van der Waals surface area contributed by atoms with E-state index in [1.807, 2.05) is 11.8 Å². The average molecular weight is 282 g/mol. The molecule has 0 aliphatic carbocycles. The van der Waals surface area contributed by atoms with Crippen molar-refractivity contribution in [1.82, 2.24) is 0 Å². The third-order valence-electron chi connectivity index (χ3n) is 3.35. The zero-order valence-electron chi connectivity index (χ0n) is 11.1. The highest BCUT2D eigenvalue weighted by Crippen LogP contribution is 2.39. The number of hydrogen-bond acceptors (Lipinski definition) is 5. The number of para-hydroxylation sites is 1. The van der Waals surface area contributed by atoms with E-state index in [1.54, 1.807) is 18.2 Å². The Kier molecular flexibility index (Phi) is 4.19. The summed E-state index contributed by atoms with van der Waals surface area (Å²) in [7, 11) is 1.44. The van der Waals surface area contributed by atoms with Gasteiger partial charge in [-0.05, 0) is 37.7 Å². The molecule has 0 saturated carbocycles. The molecule has 1 aliphatic heterocycles. The Morgan fingerprint density at radius 3 is 2.95 bits per heavy atom. The minimum atomic E-state index is -0.398. The third-order valence-corrected chi connectivity index (χ3v) is 4.89. The van der Waals surface area contributed by atoms with Crippen LogP contribution in [0.15, 0.2) is 18.2 Å². The van der Waals surface area contributed by atoms with Gasteiger partial charge in [-0.3, -0.25) is 10.1 Å². The van der Waals surface area contributed by atoms with Crippen LogP contribution in [-0.2, 0) is 0 Å². The molecule has 0 aromatic heterocycles. The van der Waals surface area contributed by atoms with E-state index in [0.717, 1.165) is 13.0 Å². The molecule has 1 fully saturated rings. The summed E-state index contributed by atoms with van der Waals surface area (Å²) >= 11 is 1.92. The fourth-order valence-corrected chi connectivity index (χ4v) is 3.52. The van der Waals surface area contributed by atoms with Gasteiger partial charge in [0.05, 0.1) is 12.0 Å². The van der Waals surface area contributed by atoms with E-state index < -0.39 is 4.92 Å². The predicted molar refractivity (Wildman–Crippen MR) is 78.2 cm³/mol. The van der Waals surface area contributed by atoms with Crippen LogP contribution in [0.25, 0.3) is 0 Å². The van der Waals surface area contributed by atoms with Gasteiger partial charge >= 0.3 is 5.69 Å². The molecule has 0 radical (unpaired) electrons. The van der Waals surface area contributed by atoms with Crippen molar-refractivity contribution in [1.29, 1.82) is 0 Å². The fraction of sp³-hybridized carbons (Fsp3) is 0.538. The molecule has 1 aliphatic rings. The quantitative estimate of drug-likeness (QED) is 0.663. The van der Waals surface area contributed by atoms with Crippen molar-refractivity contribution in [2.75, 3.05) is 24.7 Å². The molecule has 104 valence electrons. The molecule has 0 amide bonds. The van der Waals surface area contributed by atoms with E-state index in [9.17, 15) is 10.1 Å². The molecule has 1 aromatic rings. The third kappa shape index (κ3) is 3.12. The van der Waals surface area contributed by atoms with Crippen LogP contribution in [-0.4, -0.2) is 29.1 Å². The van der Waals surface area contributed by atoms with Gasteiger partial charge in [0, 0.05) is 11.3 Å². The van der Waals surface area contributed by atoms with Crippen molar-refractivity contribution in [3.8, 4) is 5.75 Å². The van der Waals surface area contributed by atoms with Crippen LogP contribution in [0.3, 0.4) is 0 Å². The summed E-state index contributed by atoms with van der Waals surface area (Å²) in [4.78, 5) is 10.8. The smallest absolute Gasteiger partial charge is 0.333 e. The predicted octanol–water partition coefficient (Wildman–Crippen LogP) is 3.30. The standard InChI is InChI=1S/C13H18N2O3S/c1-13(7-4-8-19-13)9-14-10-5-3-6-11(18-2)12(10)15(16)17/h3,5-6,14H,4,7-9H2,1-2H3. The fourth-order valence-electron chi connectivity index (χ4n) is 2.28. The number of hydrogen-bond donors (Lipinski definition) is 1. The number of methoxy groups -OCH3 is 1. The molecule has 5 nitrogen and oxygen atoms in total. The number of ether oxygens (including phenoxy) is 1. The maximum Gasteiger partial charge on any atom is 0.333 e. The second-order valence-electron chi connectivity index (χ2n) is 4.87. The Morgan fingerprint density at radius 2 is 2.37 bits per heavy atom. The Balaban J connectivity index is 2.17. The molecule has 0 bridgehead atoms. The first-order valence-corrected chi connectivity index (χ1v) is 7.23. The van der Waals surface area contributed by atoms with Crippen LogP contribution in [0.4, 0.5) is 11.4 Å². The van der Waals surface area contributed by atoms with Gasteiger partial charge in [0.2, 0.25) is 0 Å². The Bertz CT molecular complexity index is 473. The van der Waals surface area contributed by atoms with Gasteiger partial charge in [-0.15, -0.1) is 0 Å². The van der Waals surface area contributed by atoms with E-state index in [1.165, 1.54) is 19.3 Å². The summed E-state index contributed by atoms with van der Waals surface area (Å²) < 4.78 is 5.22. The van der Waals surface area contributed by atoms with Gasteiger partial charge < -0.3 is 10.1 Å². The number of nitrogens with one attached hydrogen (secondary N) is 1. The Morgan fingerprint density at radius 1 is 1.58 bits per heavy atom. The molecule has 1 atom stereocenters. The molecule has 19 heavy (non-hydrogen) atoms. The van der Waals surface area contributed by atoms with Crippen LogP contribution in [0.1, 0.15) is 19.8 Å². The first kappa shape index (κ1) is 14.0. The van der Waals surface area contributed by atoms with Crippen LogP contribution in [0.5, 0.6) is 5.75 Å². The van der Waals surface area contributed by atoms with Crippen LogP contribution < -0.4 is 10.1 Å². The second-order valence-corrected chi connectivity index (χ2v) is 6.55. The van der Waals surface area contributed by atoms with Crippen LogP contribution in [0, 0.1) is 10.1 Å². The molecule has 1 aromatic carbocycles. The lowest BCUT2D eigenvalue weighted by Gasteiger charge is -2.23. The molecular weight excluding hydrogens is 264 g/mol. The molecule has 6 heteroatoms. The summed E-state index contributed by atoms with van der Waals surface area (Å²) in [6.07, 6.45) is 2.35. The highest BCUT2D eigenvalue weighted by Gasteiger charge is 2.30. The largest absolute Gasteiger partial charge is 0.490 e. The zero-order chi connectivity index (χ0) is 13.9. The average Bonchev–Trinajstić information content (AvgIpc) is 2.83. The normalized spacial score (nSPS) is 22.2. The number of nitro benzene ring substituents is 1. The lowest BCUT2D eigenvalue weighted by molar-refractivity contribution is -0.384. The van der Waals surface area contributed by atoms with Gasteiger partial charge in [-0.2, -0.15) is 11.8 Å². The minimum Gasteiger partial charge on any atom is -0.490 e. The summed E-state index contributed by atoms with van der Waals surface area (Å²) in [6, 6.07) is 5.09. The van der Waals surface area contributed by atoms with Gasteiger partial charge in [0.25, 0.3) is 0 Å². The zero-order valence-corrected chi connectivity index (χ0v) is 12.0. The van der Waals surface area contributed by atoms with E-state index in [4.69, 9.17) is 4.74 Å². The highest BCUT2D eigenvalue weighted by molar-refractivity contribution is 8.00. The highest BCUT2D eigenvalue weighted by atomic mass is 32.2. The van der Waals surface area contributed by atoms with Crippen molar-refractivity contribution in [3.05, 3.63) is 28.3 Å². The Hall–Kier alpha value is -1.43. The topological polar surface area (TPSA) is 64.4 Å². The first-order chi connectivity index (χ1) is 9.06. The second kappa shape index (κ2) is 5.69. The SMILES string of the molecule is COc1cccc(NCC2(C)CCCS2)c1[N+](=O)[O-]. The van der Waals surface area contributed by atoms with Gasteiger partial charge in [0.1, 0.15) is 5.69 Å². The molecule has 1 unspecified atom stereocenters. The maximum absolute atomic E-state index is 11.2. The van der Waals surface area contributed by atoms with Gasteiger partial charge in [-0.25, -0.2) is 0 Å². The summed E-state index contributed by atoms with van der Waals surface area (Å²) in [6.45, 7) is 2.93. The van der Waals surface area contributed by atoms with Crippen LogP contribution >= 0.6 is 11.8 Å². The molecule has 1 heterocycles. The van der Waals surface area contributed by atoms with E-state index in [0.29, 0.717) is 11.4 Å². The number of rotatable bonds is 5.